The average Bonchev–Trinajstić information content (AvgIpc) is 2.30. The minimum Gasteiger partial charge on any atom is -0.497 e. The topological polar surface area (TPSA) is 35.2 Å². The molecular weight excluding hydrogens is 198 g/mol. The first kappa shape index (κ1) is 11.5. The van der Waals surface area contributed by atoms with Gasteiger partial charge in [0, 0.05) is 6.04 Å². The third-order valence-corrected chi connectivity index (χ3v) is 3.69. The van der Waals surface area contributed by atoms with Crippen molar-refractivity contribution in [2.24, 2.45) is 5.73 Å². The van der Waals surface area contributed by atoms with Crippen molar-refractivity contribution in [2.75, 3.05) is 7.11 Å². The van der Waals surface area contributed by atoms with Gasteiger partial charge in [-0.25, -0.2) is 0 Å². The average molecular weight is 219 g/mol. The Morgan fingerprint density at radius 3 is 2.44 bits per heavy atom. The molecule has 0 radical (unpaired) electrons. The third-order valence-electron chi connectivity index (χ3n) is 3.69. The van der Waals surface area contributed by atoms with E-state index in [1.54, 1.807) is 7.11 Å². The van der Waals surface area contributed by atoms with Gasteiger partial charge in [0.2, 0.25) is 0 Å². The first-order valence-corrected chi connectivity index (χ1v) is 6.11. The zero-order chi connectivity index (χ0) is 11.5. The Hall–Kier alpha value is -1.02. The number of hydrogen-bond donors (Lipinski definition) is 1. The second-order valence-electron chi connectivity index (χ2n) is 4.83. The van der Waals surface area contributed by atoms with Crippen molar-refractivity contribution in [2.45, 2.75) is 44.6 Å². The summed E-state index contributed by atoms with van der Waals surface area (Å²) < 4.78 is 5.23. The Morgan fingerprint density at radius 1 is 1.19 bits per heavy atom. The summed E-state index contributed by atoms with van der Waals surface area (Å²) in [5.41, 5.74) is 8.77. The van der Waals surface area contributed by atoms with Crippen molar-refractivity contribution in [3.05, 3.63) is 29.3 Å². The van der Waals surface area contributed by atoms with Crippen LogP contribution in [0.5, 0.6) is 5.75 Å². The molecule has 16 heavy (non-hydrogen) atoms. The predicted molar refractivity (Wildman–Crippen MR) is 66.9 cm³/mol. The molecule has 0 atom stereocenters. The van der Waals surface area contributed by atoms with Crippen molar-refractivity contribution in [1.29, 1.82) is 0 Å². The van der Waals surface area contributed by atoms with E-state index in [0.717, 1.165) is 18.6 Å². The lowest BCUT2D eigenvalue weighted by molar-refractivity contribution is 0.392. The molecule has 1 fully saturated rings. The summed E-state index contributed by atoms with van der Waals surface area (Å²) in [4.78, 5) is 0. The molecule has 0 aromatic heterocycles. The van der Waals surface area contributed by atoms with Gasteiger partial charge in [0.15, 0.2) is 0 Å². The van der Waals surface area contributed by atoms with Crippen LogP contribution in [0.4, 0.5) is 0 Å². The summed E-state index contributed by atoms with van der Waals surface area (Å²) in [6.45, 7) is 2.17. The number of hydrogen-bond acceptors (Lipinski definition) is 2. The van der Waals surface area contributed by atoms with Crippen LogP contribution in [0.1, 0.15) is 42.7 Å². The van der Waals surface area contributed by atoms with Crippen LogP contribution in [0.15, 0.2) is 18.2 Å². The van der Waals surface area contributed by atoms with E-state index in [1.165, 1.54) is 24.0 Å². The number of rotatable bonds is 2. The molecule has 2 rings (SSSR count). The number of benzene rings is 1. The monoisotopic (exact) mass is 219 g/mol. The SMILES string of the molecule is COc1ccc(C2CCC(N)CC2)c(C)c1. The van der Waals surface area contributed by atoms with E-state index in [-0.39, 0.29) is 0 Å². The second-order valence-corrected chi connectivity index (χ2v) is 4.83. The first-order valence-electron chi connectivity index (χ1n) is 6.11. The second kappa shape index (κ2) is 4.88. The van der Waals surface area contributed by atoms with E-state index in [0.29, 0.717) is 12.0 Å². The Kier molecular flexibility index (Phi) is 3.49. The van der Waals surface area contributed by atoms with Crippen molar-refractivity contribution in [3.63, 3.8) is 0 Å². The molecule has 0 unspecified atom stereocenters. The summed E-state index contributed by atoms with van der Waals surface area (Å²) >= 11 is 0. The third kappa shape index (κ3) is 2.38. The summed E-state index contributed by atoms with van der Waals surface area (Å²) in [5.74, 6) is 1.65. The van der Waals surface area contributed by atoms with Crippen LogP contribution in [0, 0.1) is 6.92 Å². The molecule has 1 aromatic carbocycles. The van der Waals surface area contributed by atoms with Gasteiger partial charge in [0.25, 0.3) is 0 Å². The van der Waals surface area contributed by atoms with Crippen LogP contribution in [0.3, 0.4) is 0 Å². The Morgan fingerprint density at radius 2 is 1.88 bits per heavy atom. The van der Waals surface area contributed by atoms with Crippen LogP contribution < -0.4 is 10.5 Å². The molecule has 1 aliphatic carbocycles. The van der Waals surface area contributed by atoms with Gasteiger partial charge in [-0.1, -0.05) is 6.07 Å². The predicted octanol–water partition coefficient (Wildman–Crippen LogP) is 2.99. The molecule has 0 heterocycles. The quantitative estimate of drug-likeness (QED) is 0.830. The maximum atomic E-state index is 5.94. The molecule has 0 saturated heterocycles. The van der Waals surface area contributed by atoms with Gasteiger partial charge in [-0.05, 0) is 61.8 Å². The molecule has 0 amide bonds. The molecule has 0 aliphatic heterocycles. The molecule has 0 bridgehead atoms. The largest absolute Gasteiger partial charge is 0.497 e. The van der Waals surface area contributed by atoms with Crippen LogP contribution in [-0.2, 0) is 0 Å². The normalized spacial score (nSPS) is 25.4. The van der Waals surface area contributed by atoms with Crippen molar-refractivity contribution >= 4 is 0 Å². The van der Waals surface area contributed by atoms with E-state index in [9.17, 15) is 0 Å². The fourth-order valence-corrected chi connectivity index (χ4v) is 2.66. The minimum atomic E-state index is 0.426. The first-order chi connectivity index (χ1) is 7.70. The molecule has 1 aliphatic rings. The zero-order valence-electron chi connectivity index (χ0n) is 10.2. The van der Waals surface area contributed by atoms with E-state index in [1.807, 2.05) is 0 Å². The van der Waals surface area contributed by atoms with Gasteiger partial charge >= 0.3 is 0 Å². The number of nitrogens with two attached hydrogens (primary N) is 1. The lowest BCUT2D eigenvalue weighted by atomic mass is 9.80. The highest BCUT2D eigenvalue weighted by molar-refractivity contribution is 5.37. The van der Waals surface area contributed by atoms with Crippen LogP contribution in [0.2, 0.25) is 0 Å². The molecule has 88 valence electrons. The van der Waals surface area contributed by atoms with Gasteiger partial charge in [0.1, 0.15) is 5.75 Å². The maximum absolute atomic E-state index is 5.94. The van der Waals surface area contributed by atoms with Crippen LogP contribution in [0.25, 0.3) is 0 Å². The lowest BCUT2D eigenvalue weighted by Gasteiger charge is -2.27. The zero-order valence-corrected chi connectivity index (χ0v) is 10.2. The molecule has 2 nitrogen and oxygen atoms in total. The van der Waals surface area contributed by atoms with E-state index < -0.39 is 0 Å². The van der Waals surface area contributed by atoms with Gasteiger partial charge in [0.05, 0.1) is 7.11 Å². The number of ether oxygens (including phenoxy) is 1. The molecular formula is C14H21NO. The molecule has 2 N–H and O–H groups in total. The minimum absolute atomic E-state index is 0.426. The standard InChI is InChI=1S/C14H21NO/c1-10-9-13(16-2)7-8-14(10)11-3-5-12(15)6-4-11/h7-9,11-12H,3-6,15H2,1-2H3. The maximum Gasteiger partial charge on any atom is 0.119 e. The lowest BCUT2D eigenvalue weighted by Crippen LogP contribution is -2.25. The van der Waals surface area contributed by atoms with Crippen molar-refractivity contribution in [1.82, 2.24) is 0 Å². The Balaban J connectivity index is 2.14. The van der Waals surface area contributed by atoms with Gasteiger partial charge in [-0.15, -0.1) is 0 Å². The van der Waals surface area contributed by atoms with E-state index in [4.69, 9.17) is 10.5 Å². The highest BCUT2D eigenvalue weighted by Gasteiger charge is 2.21. The molecule has 0 spiro atoms. The van der Waals surface area contributed by atoms with Gasteiger partial charge in [-0.3, -0.25) is 0 Å². The van der Waals surface area contributed by atoms with Crippen LogP contribution in [-0.4, -0.2) is 13.2 Å². The Bertz CT molecular complexity index is 354. The van der Waals surface area contributed by atoms with Gasteiger partial charge < -0.3 is 10.5 Å². The van der Waals surface area contributed by atoms with E-state index in [2.05, 4.69) is 25.1 Å². The van der Waals surface area contributed by atoms with Crippen molar-refractivity contribution in [3.8, 4) is 5.75 Å². The Labute approximate surface area is 97.8 Å². The van der Waals surface area contributed by atoms with E-state index >= 15 is 0 Å². The van der Waals surface area contributed by atoms with Gasteiger partial charge in [-0.2, -0.15) is 0 Å². The summed E-state index contributed by atoms with van der Waals surface area (Å²) in [7, 11) is 1.72. The molecule has 2 heteroatoms. The summed E-state index contributed by atoms with van der Waals surface area (Å²) in [6, 6.07) is 6.84. The fourth-order valence-electron chi connectivity index (χ4n) is 2.66. The highest BCUT2D eigenvalue weighted by Crippen LogP contribution is 2.34. The molecule has 1 aromatic rings. The number of aryl methyl sites for hydroxylation is 1. The smallest absolute Gasteiger partial charge is 0.119 e. The van der Waals surface area contributed by atoms with Crippen LogP contribution >= 0.6 is 0 Å². The number of methoxy groups -OCH3 is 1. The summed E-state index contributed by atoms with van der Waals surface area (Å²) in [6.07, 6.45) is 4.79. The summed E-state index contributed by atoms with van der Waals surface area (Å²) in [5, 5.41) is 0. The highest BCUT2D eigenvalue weighted by atomic mass is 16.5. The fraction of sp³-hybridized carbons (Fsp3) is 0.571. The van der Waals surface area contributed by atoms with Crippen molar-refractivity contribution < 1.29 is 4.74 Å². The molecule has 1 saturated carbocycles.